The molecule has 24 heavy (non-hydrogen) atoms. The summed E-state index contributed by atoms with van der Waals surface area (Å²) in [5.74, 6) is -1.82. The molecule has 7 heteroatoms. The standard InChI is InChI=1S/C17H14ClFN2O3/c18-10-3-6-15(22)14(7-10)17(24)21-20-16(23)13-8-12(13)9-1-4-11(19)5-2-9/h1-7,12-13,22H,8H2,(H,20,23)(H,21,24). The first-order valence-corrected chi connectivity index (χ1v) is 7.67. The molecule has 0 aliphatic heterocycles. The van der Waals surface area contributed by atoms with Crippen molar-refractivity contribution < 1.29 is 19.1 Å². The van der Waals surface area contributed by atoms with Crippen LogP contribution in [0.15, 0.2) is 42.5 Å². The summed E-state index contributed by atoms with van der Waals surface area (Å²) in [5, 5.41) is 9.94. The predicted molar refractivity (Wildman–Crippen MR) is 86.0 cm³/mol. The summed E-state index contributed by atoms with van der Waals surface area (Å²) in [4.78, 5) is 24.0. The minimum Gasteiger partial charge on any atom is -0.507 e. The second-order valence-electron chi connectivity index (χ2n) is 5.61. The minimum atomic E-state index is -0.665. The molecule has 0 spiro atoms. The molecule has 0 saturated heterocycles. The molecule has 3 rings (SSSR count). The zero-order valence-corrected chi connectivity index (χ0v) is 13.2. The molecule has 0 radical (unpaired) electrons. The smallest absolute Gasteiger partial charge is 0.273 e. The van der Waals surface area contributed by atoms with E-state index in [2.05, 4.69) is 10.9 Å². The van der Waals surface area contributed by atoms with Crippen LogP contribution in [-0.2, 0) is 4.79 Å². The Bertz CT molecular complexity index is 795. The normalized spacial score (nSPS) is 18.8. The number of rotatable bonds is 3. The number of hydrogen-bond donors (Lipinski definition) is 3. The van der Waals surface area contributed by atoms with Gasteiger partial charge in [-0.05, 0) is 48.2 Å². The van der Waals surface area contributed by atoms with Crippen LogP contribution in [-0.4, -0.2) is 16.9 Å². The van der Waals surface area contributed by atoms with E-state index < -0.39 is 5.91 Å². The Morgan fingerprint density at radius 3 is 2.54 bits per heavy atom. The first-order chi connectivity index (χ1) is 11.5. The average molecular weight is 349 g/mol. The van der Waals surface area contributed by atoms with E-state index in [0.717, 1.165) is 5.56 Å². The molecular formula is C17H14ClFN2O3. The van der Waals surface area contributed by atoms with Gasteiger partial charge in [-0.25, -0.2) is 4.39 Å². The summed E-state index contributed by atoms with van der Waals surface area (Å²) < 4.78 is 12.9. The fourth-order valence-corrected chi connectivity index (χ4v) is 2.70. The topological polar surface area (TPSA) is 78.4 Å². The highest BCUT2D eigenvalue weighted by Crippen LogP contribution is 2.47. The number of carbonyl (C=O) groups is 2. The fourth-order valence-electron chi connectivity index (χ4n) is 2.53. The molecule has 1 fully saturated rings. The zero-order valence-electron chi connectivity index (χ0n) is 12.4. The summed E-state index contributed by atoms with van der Waals surface area (Å²) in [7, 11) is 0. The Kier molecular flexibility index (Phi) is 4.40. The number of aromatic hydroxyl groups is 1. The van der Waals surface area contributed by atoms with Crippen molar-refractivity contribution >= 4 is 23.4 Å². The molecule has 2 amide bonds. The summed E-state index contributed by atoms with van der Waals surface area (Å²) in [6.45, 7) is 0. The maximum absolute atomic E-state index is 12.9. The highest BCUT2D eigenvalue weighted by Gasteiger charge is 2.44. The molecule has 0 aromatic heterocycles. The summed E-state index contributed by atoms with van der Waals surface area (Å²) >= 11 is 5.78. The molecule has 2 aromatic carbocycles. The Labute approximate surface area is 142 Å². The largest absolute Gasteiger partial charge is 0.507 e. The van der Waals surface area contributed by atoms with E-state index >= 15 is 0 Å². The van der Waals surface area contributed by atoms with Crippen LogP contribution < -0.4 is 10.9 Å². The van der Waals surface area contributed by atoms with Crippen molar-refractivity contribution in [3.8, 4) is 5.75 Å². The molecule has 2 aromatic rings. The van der Waals surface area contributed by atoms with E-state index in [9.17, 15) is 19.1 Å². The monoisotopic (exact) mass is 348 g/mol. The number of phenolic OH excluding ortho intramolecular Hbond substituents is 1. The molecule has 1 aliphatic rings. The van der Waals surface area contributed by atoms with Gasteiger partial charge in [-0.2, -0.15) is 0 Å². The highest BCUT2D eigenvalue weighted by atomic mass is 35.5. The van der Waals surface area contributed by atoms with E-state index in [1.165, 1.54) is 30.3 Å². The first-order valence-electron chi connectivity index (χ1n) is 7.30. The van der Waals surface area contributed by atoms with Gasteiger partial charge < -0.3 is 5.11 Å². The summed E-state index contributed by atoms with van der Waals surface area (Å²) in [5.41, 5.74) is 5.44. The van der Waals surface area contributed by atoms with Gasteiger partial charge in [0, 0.05) is 10.9 Å². The van der Waals surface area contributed by atoms with Gasteiger partial charge >= 0.3 is 0 Å². The maximum atomic E-state index is 12.9. The van der Waals surface area contributed by atoms with Crippen LogP contribution in [0.3, 0.4) is 0 Å². The van der Waals surface area contributed by atoms with Crippen molar-refractivity contribution in [1.29, 1.82) is 0 Å². The van der Waals surface area contributed by atoms with Crippen molar-refractivity contribution in [2.45, 2.75) is 12.3 Å². The van der Waals surface area contributed by atoms with Crippen molar-refractivity contribution in [2.75, 3.05) is 0 Å². The van der Waals surface area contributed by atoms with Crippen molar-refractivity contribution in [1.82, 2.24) is 10.9 Å². The molecule has 1 saturated carbocycles. The highest BCUT2D eigenvalue weighted by molar-refractivity contribution is 6.31. The molecule has 1 aliphatic carbocycles. The predicted octanol–water partition coefficient (Wildman–Crippen LogP) is 2.75. The number of hydrogen-bond acceptors (Lipinski definition) is 3. The van der Waals surface area contributed by atoms with Crippen LogP contribution in [0, 0.1) is 11.7 Å². The van der Waals surface area contributed by atoms with E-state index in [4.69, 9.17) is 11.6 Å². The van der Waals surface area contributed by atoms with Crippen molar-refractivity contribution in [2.24, 2.45) is 5.92 Å². The van der Waals surface area contributed by atoms with Crippen LogP contribution in [0.1, 0.15) is 28.3 Å². The van der Waals surface area contributed by atoms with Crippen LogP contribution >= 0.6 is 11.6 Å². The van der Waals surface area contributed by atoms with E-state index in [1.807, 2.05) is 0 Å². The van der Waals surface area contributed by atoms with Gasteiger partial charge in [0.05, 0.1) is 5.56 Å². The summed E-state index contributed by atoms with van der Waals surface area (Å²) in [6, 6.07) is 10.1. The molecule has 0 heterocycles. The number of benzene rings is 2. The Hall–Kier alpha value is -2.60. The van der Waals surface area contributed by atoms with E-state index in [-0.39, 0.29) is 34.9 Å². The van der Waals surface area contributed by atoms with Gasteiger partial charge in [0.25, 0.3) is 5.91 Å². The number of amides is 2. The van der Waals surface area contributed by atoms with Gasteiger partial charge in [-0.1, -0.05) is 23.7 Å². The lowest BCUT2D eigenvalue weighted by Crippen LogP contribution is -2.42. The molecular weight excluding hydrogens is 335 g/mol. The molecule has 2 unspecified atom stereocenters. The second-order valence-corrected chi connectivity index (χ2v) is 6.04. The van der Waals surface area contributed by atoms with Gasteiger partial charge in [0.2, 0.25) is 5.91 Å². The van der Waals surface area contributed by atoms with E-state index in [0.29, 0.717) is 11.4 Å². The lowest BCUT2D eigenvalue weighted by Gasteiger charge is -2.09. The lowest BCUT2D eigenvalue weighted by molar-refractivity contribution is -0.123. The molecule has 5 nitrogen and oxygen atoms in total. The first kappa shape index (κ1) is 16.3. The SMILES string of the molecule is O=C(NNC(=O)C1CC1c1ccc(F)cc1)c1cc(Cl)ccc1O. The number of halogens is 2. The van der Waals surface area contributed by atoms with Gasteiger partial charge in [-0.3, -0.25) is 20.4 Å². The Morgan fingerprint density at radius 2 is 1.83 bits per heavy atom. The van der Waals surface area contributed by atoms with E-state index in [1.54, 1.807) is 12.1 Å². The van der Waals surface area contributed by atoms with Gasteiger partial charge in [-0.15, -0.1) is 0 Å². The Balaban J connectivity index is 1.56. The number of carbonyl (C=O) groups excluding carboxylic acids is 2. The van der Waals surface area contributed by atoms with Crippen LogP contribution in [0.5, 0.6) is 5.75 Å². The third-order valence-corrected chi connectivity index (χ3v) is 4.16. The molecule has 0 bridgehead atoms. The third-order valence-electron chi connectivity index (χ3n) is 3.93. The fraction of sp³-hybridized carbons (Fsp3) is 0.176. The number of phenols is 1. The maximum Gasteiger partial charge on any atom is 0.273 e. The number of nitrogens with one attached hydrogen (secondary N) is 2. The zero-order chi connectivity index (χ0) is 17.3. The quantitative estimate of drug-likeness (QED) is 0.746. The van der Waals surface area contributed by atoms with Crippen molar-refractivity contribution in [3.05, 3.63) is 64.4 Å². The molecule has 3 N–H and O–H groups in total. The summed E-state index contributed by atoms with van der Waals surface area (Å²) in [6.07, 6.45) is 0.635. The van der Waals surface area contributed by atoms with Crippen LogP contribution in [0.4, 0.5) is 4.39 Å². The second kappa shape index (κ2) is 6.49. The van der Waals surface area contributed by atoms with Crippen LogP contribution in [0.2, 0.25) is 5.02 Å². The van der Waals surface area contributed by atoms with Crippen LogP contribution in [0.25, 0.3) is 0 Å². The molecule has 2 atom stereocenters. The Morgan fingerprint density at radius 1 is 1.12 bits per heavy atom. The lowest BCUT2D eigenvalue weighted by atomic mass is 10.1. The van der Waals surface area contributed by atoms with Gasteiger partial charge in [0.15, 0.2) is 0 Å². The molecule has 124 valence electrons. The minimum absolute atomic E-state index is 0.0158. The van der Waals surface area contributed by atoms with Crippen molar-refractivity contribution in [3.63, 3.8) is 0 Å². The third kappa shape index (κ3) is 3.49. The number of hydrazine groups is 1. The average Bonchev–Trinajstić information content (AvgIpc) is 3.36. The van der Waals surface area contributed by atoms with Gasteiger partial charge in [0.1, 0.15) is 11.6 Å².